The summed E-state index contributed by atoms with van der Waals surface area (Å²) in [6, 6.07) is -0.988. The molecule has 12 N–H and O–H groups in total. The van der Waals surface area contributed by atoms with E-state index >= 15 is 0 Å². The topological polar surface area (TPSA) is 307 Å². The van der Waals surface area contributed by atoms with Gasteiger partial charge in [0.1, 0.15) is 73.2 Å². The number of rotatable bonds is 51. The van der Waals surface area contributed by atoms with E-state index in [0.29, 0.717) is 12.8 Å². The summed E-state index contributed by atoms with van der Waals surface area (Å²) in [4.78, 5) is 13.4. The van der Waals surface area contributed by atoms with Crippen LogP contribution in [0.25, 0.3) is 0 Å². The van der Waals surface area contributed by atoms with Crippen LogP contribution in [0.5, 0.6) is 0 Å². The van der Waals surface area contributed by atoms with Crippen LogP contribution in [0, 0.1) is 0 Å². The number of nitrogens with one attached hydrogen (secondary N) is 1. The van der Waals surface area contributed by atoms with Gasteiger partial charge in [0.15, 0.2) is 18.9 Å². The molecule has 19 nitrogen and oxygen atoms in total. The fraction of sp³-hybridized carbons (Fsp3) is 0.894. The van der Waals surface area contributed by atoms with Gasteiger partial charge in [-0.2, -0.15) is 0 Å². The van der Waals surface area contributed by atoms with E-state index < -0.39 is 124 Å². The lowest BCUT2D eigenvalue weighted by molar-refractivity contribution is -0.379. The van der Waals surface area contributed by atoms with Gasteiger partial charge in [-0.1, -0.05) is 217 Å². The normalized spacial score (nSPS) is 29.2. The molecular weight excluding hydrogens is 1090 g/mol. The van der Waals surface area contributed by atoms with Gasteiger partial charge >= 0.3 is 0 Å². The first-order chi connectivity index (χ1) is 41.3. The number of carbonyl (C=O) groups excluding carboxylic acids is 1. The van der Waals surface area contributed by atoms with Crippen LogP contribution in [0.2, 0.25) is 0 Å². The SMILES string of the molecule is CCCCCCCCCC/C=C\CCCCCCCCCCCCCCCC(=O)NC(COC1OC(CO)C(OC2OC(CO)C(OC3OC(CO)C(O)C(O)C3O)C(O)C2O)C(O)C1O)C(O)/C=C/CC/C=C/CCCCCCCCCCC. The lowest BCUT2D eigenvalue weighted by atomic mass is 9.96. The second kappa shape index (κ2) is 48.8. The minimum Gasteiger partial charge on any atom is -0.394 e. The zero-order valence-electron chi connectivity index (χ0n) is 52.3. The molecule has 19 heteroatoms. The van der Waals surface area contributed by atoms with Crippen molar-refractivity contribution in [3.63, 3.8) is 0 Å². The number of hydrogen-bond acceptors (Lipinski definition) is 18. The van der Waals surface area contributed by atoms with Gasteiger partial charge in [-0.25, -0.2) is 0 Å². The van der Waals surface area contributed by atoms with Crippen molar-refractivity contribution < 1.29 is 89.4 Å². The third-order valence-electron chi connectivity index (χ3n) is 16.9. The minimum absolute atomic E-state index is 0.237. The quantitative estimate of drug-likeness (QED) is 0.0202. The summed E-state index contributed by atoms with van der Waals surface area (Å²) < 4.78 is 34.3. The van der Waals surface area contributed by atoms with Crippen molar-refractivity contribution in [2.75, 3.05) is 26.4 Å². The van der Waals surface area contributed by atoms with Crippen LogP contribution in [0.1, 0.15) is 245 Å². The molecule has 17 unspecified atom stereocenters. The predicted octanol–water partition coefficient (Wildman–Crippen LogP) is 8.05. The van der Waals surface area contributed by atoms with Crippen molar-refractivity contribution in [3.8, 4) is 0 Å². The van der Waals surface area contributed by atoms with E-state index in [1.807, 2.05) is 6.08 Å². The molecule has 0 saturated carbocycles. The van der Waals surface area contributed by atoms with Gasteiger partial charge < -0.3 is 89.9 Å². The molecule has 498 valence electrons. The molecule has 0 aromatic carbocycles. The number of allylic oxidation sites excluding steroid dienone is 5. The maximum atomic E-state index is 13.4. The van der Waals surface area contributed by atoms with Gasteiger partial charge in [-0.05, 0) is 57.8 Å². The zero-order valence-corrected chi connectivity index (χ0v) is 52.3. The first-order valence-electron chi connectivity index (χ1n) is 33.7. The summed E-state index contributed by atoms with van der Waals surface area (Å²) in [5.74, 6) is -0.284. The Morgan fingerprint density at radius 2 is 0.753 bits per heavy atom. The zero-order chi connectivity index (χ0) is 61.9. The highest BCUT2D eigenvalue weighted by molar-refractivity contribution is 5.76. The summed E-state index contributed by atoms with van der Waals surface area (Å²) in [7, 11) is 0. The minimum atomic E-state index is -1.98. The number of aliphatic hydroxyl groups is 11. The molecule has 3 saturated heterocycles. The average molecular weight is 1220 g/mol. The Morgan fingerprint density at radius 3 is 1.18 bits per heavy atom. The van der Waals surface area contributed by atoms with Gasteiger partial charge in [0, 0.05) is 6.42 Å². The highest BCUT2D eigenvalue weighted by atomic mass is 16.8. The van der Waals surface area contributed by atoms with Crippen LogP contribution in [0.3, 0.4) is 0 Å². The van der Waals surface area contributed by atoms with Crippen LogP contribution >= 0.6 is 0 Å². The Hall–Kier alpha value is -1.99. The Morgan fingerprint density at radius 1 is 0.412 bits per heavy atom. The van der Waals surface area contributed by atoms with Crippen LogP contribution in [-0.4, -0.2) is 193 Å². The Bertz CT molecular complexity index is 1690. The van der Waals surface area contributed by atoms with Gasteiger partial charge in [0.05, 0.1) is 38.6 Å². The Balaban J connectivity index is 1.44. The maximum absolute atomic E-state index is 13.4. The number of hydrogen-bond donors (Lipinski definition) is 12. The maximum Gasteiger partial charge on any atom is 0.220 e. The lowest BCUT2D eigenvalue weighted by Gasteiger charge is -2.48. The van der Waals surface area contributed by atoms with Crippen LogP contribution in [0.4, 0.5) is 0 Å². The molecule has 0 aliphatic carbocycles. The number of unbranched alkanes of at least 4 members (excludes halogenated alkanes) is 31. The predicted molar refractivity (Wildman–Crippen MR) is 328 cm³/mol. The van der Waals surface area contributed by atoms with Crippen molar-refractivity contribution in [3.05, 3.63) is 36.5 Å². The van der Waals surface area contributed by atoms with E-state index in [0.717, 1.165) is 38.5 Å². The molecule has 3 rings (SSSR count). The average Bonchev–Trinajstić information content (AvgIpc) is 3.63. The van der Waals surface area contributed by atoms with Gasteiger partial charge in [-0.3, -0.25) is 4.79 Å². The standard InChI is InChI=1S/C66H121NO18/c1-3-5-7-9-11-13-15-17-19-20-21-22-23-24-25-26-27-28-30-32-34-36-38-40-42-44-54(72)67-49(50(71)43-41-39-37-35-33-31-29-18-16-14-12-10-8-6-4-2)48-80-64-60(78)57(75)62(52(46-69)82-64)85-66-61(79)58(76)63(53(47-70)83-66)84-65-59(77)56(74)55(73)51(45-68)81-65/h20-21,33,35,41,43,49-53,55-66,68-71,73-79H,3-19,22-32,34,36-40,42,44-48H2,1-2H3,(H,67,72)/b21-20-,35-33+,43-41+. The molecule has 3 aliphatic rings. The largest absolute Gasteiger partial charge is 0.394 e. The highest BCUT2D eigenvalue weighted by Crippen LogP contribution is 2.33. The number of aliphatic hydroxyl groups excluding tert-OH is 11. The number of carbonyl (C=O) groups is 1. The van der Waals surface area contributed by atoms with Gasteiger partial charge in [0.2, 0.25) is 5.91 Å². The summed E-state index contributed by atoms with van der Waals surface area (Å²) in [5.41, 5.74) is 0. The third-order valence-corrected chi connectivity index (χ3v) is 16.9. The molecule has 0 radical (unpaired) electrons. The Kier molecular flexibility index (Phi) is 44.4. The molecular formula is C66H121NO18. The van der Waals surface area contributed by atoms with Crippen LogP contribution in [-0.2, 0) is 33.2 Å². The summed E-state index contributed by atoms with van der Waals surface area (Å²) in [6.45, 7) is 1.72. The monoisotopic (exact) mass is 1220 g/mol. The molecule has 3 fully saturated rings. The molecule has 0 bridgehead atoms. The lowest BCUT2D eigenvalue weighted by Crippen LogP contribution is -2.66. The number of amides is 1. The molecule has 1 amide bonds. The third kappa shape index (κ3) is 31.5. The first-order valence-corrected chi connectivity index (χ1v) is 33.7. The van der Waals surface area contributed by atoms with Crippen LogP contribution < -0.4 is 5.32 Å². The van der Waals surface area contributed by atoms with Crippen molar-refractivity contribution in [1.29, 1.82) is 0 Å². The highest BCUT2D eigenvalue weighted by Gasteiger charge is 2.53. The van der Waals surface area contributed by atoms with Crippen molar-refractivity contribution in [2.45, 2.75) is 349 Å². The summed E-state index contributed by atoms with van der Waals surface area (Å²) >= 11 is 0. The van der Waals surface area contributed by atoms with E-state index in [1.165, 1.54) is 173 Å². The second-order valence-corrected chi connectivity index (χ2v) is 24.3. The fourth-order valence-corrected chi connectivity index (χ4v) is 11.4. The van der Waals surface area contributed by atoms with Crippen molar-refractivity contribution >= 4 is 5.91 Å². The Labute approximate surface area is 511 Å². The van der Waals surface area contributed by atoms with E-state index in [9.17, 15) is 61.0 Å². The fourth-order valence-electron chi connectivity index (χ4n) is 11.4. The van der Waals surface area contributed by atoms with E-state index in [1.54, 1.807) is 6.08 Å². The molecule has 0 spiro atoms. The second-order valence-electron chi connectivity index (χ2n) is 24.3. The molecule has 3 aliphatic heterocycles. The van der Waals surface area contributed by atoms with Crippen molar-refractivity contribution in [1.82, 2.24) is 5.32 Å². The summed E-state index contributed by atoms with van der Waals surface area (Å²) in [5, 5.41) is 120. The molecule has 0 aromatic rings. The molecule has 3 heterocycles. The summed E-state index contributed by atoms with van der Waals surface area (Å²) in [6.07, 6.45) is 28.4. The first kappa shape index (κ1) is 77.3. The van der Waals surface area contributed by atoms with E-state index in [-0.39, 0.29) is 18.9 Å². The van der Waals surface area contributed by atoms with Gasteiger partial charge in [-0.15, -0.1) is 0 Å². The number of ether oxygens (including phenoxy) is 6. The van der Waals surface area contributed by atoms with Gasteiger partial charge in [0.25, 0.3) is 0 Å². The van der Waals surface area contributed by atoms with Crippen molar-refractivity contribution in [2.24, 2.45) is 0 Å². The molecule has 0 aromatic heterocycles. The molecule has 17 atom stereocenters. The molecule has 85 heavy (non-hydrogen) atoms. The smallest absolute Gasteiger partial charge is 0.220 e. The van der Waals surface area contributed by atoms with E-state index in [4.69, 9.17) is 28.4 Å². The van der Waals surface area contributed by atoms with Crippen LogP contribution in [0.15, 0.2) is 36.5 Å². The van der Waals surface area contributed by atoms with E-state index in [2.05, 4.69) is 43.5 Å².